The maximum Gasteiger partial charge on any atom is 0.0619 e. The van der Waals surface area contributed by atoms with Crippen LogP contribution in [0.2, 0.25) is 0 Å². The lowest BCUT2D eigenvalue weighted by Gasteiger charge is -2.17. The lowest BCUT2D eigenvalue weighted by molar-refractivity contribution is 1.10. The van der Waals surface area contributed by atoms with Crippen molar-refractivity contribution in [3.8, 4) is 106 Å². The summed E-state index contributed by atoms with van der Waals surface area (Å²) >= 11 is 0. The SMILES string of the molecule is Nc1ccc(-c2ccc(-c3c(-c4ccc(-c5ccc(N)cc5)cc4)c(-c4ccc(-c5ccc(N)cc5)cc4)n(-c4ccc(-c5ccc(N)cc5)cc4)c3-c3ccc(-c4ccc(N)cc4)cc3)cc2)cc1. The molecule has 0 atom stereocenters. The second-order valence-corrected chi connectivity index (χ2v) is 17.7. The molecule has 0 bridgehead atoms. The zero-order valence-electron chi connectivity index (χ0n) is 38.4. The summed E-state index contributed by atoms with van der Waals surface area (Å²) in [5, 5.41) is 0. The van der Waals surface area contributed by atoms with Crippen LogP contribution in [0.5, 0.6) is 0 Å². The quantitative estimate of drug-likeness (QED) is 0.0871. The Hall–Kier alpha value is -9.52. The van der Waals surface area contributed by atoms with Crippen molar-refractivity contribution in [2.45, 2.75) is 0 Å². The molecule has 0 aliphatic rings. The second-order valence-electron chi connectivity index (χ2n) is 17.7. The molecular weight excluding hydrogens is 853 g/mol. The van der Waals surface area contributed by atoms with Crippen molar-refractivity contribution in [1.29, 1.82) is 0 Å². The van der Waals surface area contributed by atoms with Crippen molar-refractivity contribution in [3.63, 3.8) is 0 Å². The Balaban J connectivity index is 1.20. The van der Waals surface area contributed by atoms with Crippen LogP contribution in [-0.4, -0.2) is 4.57 Å². The van der Waals surface area contributed by atoms with Crippen LogP contribution in [0.1, 0.15) is 0 Å². The fraction of sp³-hybridized carbons (Fsp3) is 0. The monoisotopic (exact) mass is 902 g/mol. The number of nitrogen functional groups attached to an aromatic ring is 5. The zero-order valence-corrected chi connectivity index (χ0v) is 38.4. The van der Waals surface area contributed by atoms with Gasteiger partial charge in [-0.05, 0) is 151 Å². The molecule has 0 aliphatic carbocycles. The summed E-state index contributed by atoms with van der Waals surface area (Å²) in [5.74, 6) is 0. The first-order chi connectivity index (χ1) is 34.2. The molecule has 0 radical (unpaired) electrons. The van der Waals surface area contributed by atoms with E-state index in [1.807, 2.05) is 60.7 Å². The molecule has 0 spiro atoms. The van der Waals surface area contributed by atoms with Gasteiger partial charge in [0, 0.05) is 45.3 Å². The highest BCUT2D eigenvalue weighted by atomic mass is 15.0. The van der Waals surface area contributed by atoms with Crippen molar-refractivity contribution < 1.29 is 0 Å². The Labute approximate surface area is 408 Å². The maximum absolute atomic E-state index is 6.12. The molecule has 0 fully saturated rings. The molecule has 11 aromatic rings. The van der Waals surface area contributed by atoms with E-state index in [-0.39, 0.29) is 0 Å². The summed E-state index contributed by atoms with van der Waals surface area (Å²) < 4.78 is 2.45. The standard InChI is InChI=1S/C64H50N6/c65-55-29-17-45(18-30-55)41-1-9-51(10-2-41)61-62(52-11-3-42(4-12-52)46-19-31-56(66)32-20-46)64(54-15-7-44(8-16-54)48-23-35-58(68)36-24-48)70(60-39-27-50(28-40-60)49-25-37-59(69)38-26-49)63(61)53-13-5-43(6-14-53)47-21-33-57(67)34-22-47/h1-40H,65-69H2. The minimum Gasteiger partial charge on any atom is -0.399 e. The zero-order chi connectivity index (χ0) is 47.7. The Bertz CT molecular complexity index is 2990. The summed E-state index contributed by atoms with van der Waals surface area (Å²) in [5.41, 5.74) is 54.8. The predicted octanol–water partition coefficient (Wildman–Crippen LogP) is 15.4. The first kappa shape index (κ1) is 43.1. The summed E-state index contributed by atoms with van der Waals surface area (Å²) in [6.07, 6.45) is 0. The number of anilines is 5. The lowest BCUT2D eigenvalue weighted by Crippen LogP contribution is -2.01. The van der Waals surface area contributed by atoms with Gasteiger partial charge in [0.05, 0.1) is 11.4 Å². The third kappa shape index (κ3) is 8.53. The molecular formula is C64H50N6. The van der Waals surface area contributed by atoms with Crippen molar-refractivity contribution in [3.05, 3.63) is 243 Å². The molecule has 0 aliphatic heterocycles. The molecule has 6 heteroatoms. The van der Waals surface area contributed by atoms with Gasteiger partial charge in [0.25, 0.3) is 0 Å². The summed E-state index contributed by atoms with van der Waals surface area (Å²) in [6.45, 7) is 0. The van der Waals surface area contributed by atoms with E-state index in [0.717, 1.165) is 135 Å². The van der Waals surface area contributed by atoms with E-state index >= 15 is 0 Å². The Morgan fingerprint density at radius 2 is 0.329 bits per heavy atom. The average Bonchev–Trinajstić information content (AvgIpc) is 3.76. The van der Waals surface area contributed by atoms with Crippen LogP contribution in [-0.2, 0) is 0 Å². The fourth-order valence-corrected chi connectivity index (χ4v) is 9.42. The number of nitrogens with zero attached hydrogens (tertiary/aromatic N) is 1. The topological polar surface area (TPSA) is 135 Å². The van der Waals surface area contributed by atoms with Gasteiger partial charge >= 0.3 is 0 Å². The number of hydrogen-bond acceptors (Lipinski definition) is 5. The Morgan fingerprint density at radius 1 is 0.171 bits per heavy atom. The van der Waals surface area contributed by atoms with E-state index < -0.39 is 0 Å². The third-order valence-corrected chi connectivity index (χ3v) is 13.2. The number of aromatic nitrogens is 1. The summed E-state index contributed by atoms with van der Waals surface area (Å²) in [7, 11) is 0. The lowest BCUT2D eigenvalue weighted by atomic mass is 9.89. The largest absolute Gasteiger partial charge is 0.399 e. The molecule has 6 nitrogen and oxygen atoms in total. The van der Waals surface area contributed by atoms with Gasteiger partial charge in [0.2, 0.25) is 0 Å². The highest BCUT2D eigenvalue weighted by Gasteiger charge is 2.28. The molecule has 0 unspecified atom stereocenters. The maximum atomic E-state index is 6.12. The number of benzene rings is 10. The number of nitrogens with two attached hydrogens (primary N) is 5. The number of rotatable bonds is 10. The van der Waals surface area contributed by atoms with E-state index in [0.29, 0.717) is 0 Å². The van der Waals surface area contributed by atoms with E-state index in [2.05, 4.69) is 187 Å². The van der Waals surface area contributed by atoms with Crippen molar-refractivity contribution >= 4 is 28.4 Å². The van der Waals surface area contributed by atoms with Crippen LogP contribution >= 0.6 is 0 Å². The van der Waals surface area contributed by atoms with Crippen molar-refractivity contribution in [2.75, 3.05) is 28.7 Å². The molecule has 70 heavy (non-hydrogen) atoms. The summed E-state index contributed by atoms with van der Waals surface area (Å²) in [4.78, 5) is 0. The van der Waals surface area contributed by atoms with E-state index in [9.17, 15) is 0 Å². The minimum atomic E-state index is 0.731. The van der Waals surface area contributed by atoms with Gasteiger partial charge in [-0.3, -0.25) is 0 Å². The van der Waals surface area contributed by atoms with Crippen LogP contribution in [0.3, 0.4) is 0 Å². The van der Waals surface area contributed by atoms with Gasteiger partial charge in [0.15, 0.2) is 0 Å². The molecule has 1 heterocycles. The van der Waals surface area contributed by atoms with Gasteiger partial charge in [-0.15, -0.1) is 0 Å². The Kier molecular flexibility index (Phi) is 11.3. The predicted molar refractivity (Wildman–Crippen MR) is 297 cm³/mol. The van der Waals surface area contributed by atoms with Crippen LogP contribution in [0.4, 0.5) is 28.4 Å². The minimum absolute atomic E-state index is 0.731. The Morgan fingerprint density at radius 3 is 0.543 bits per heavy atom. The van der Waals surface area contributed by atoms with Crippen molar-refractivity contribution in [2.24, 2.45) is 0 Å². The number of hydrogen-bond donors (Lipinski definition) is 5. The molecule has 10 N–H and O–H groups in total. The van der Waals surface area contributed by atoms with Crippen LogP contribution in [0, 0.1) is 0 Å². The second kappa shape index (κ2) is 18.3. The van der Waals surface area contributed by atoms with Gasteiger partial charge in [0.1, 0.15) is 0 Å². The highest BCUT2D eigenvalue weighted by molar-refractivity contribution is 6.04. The van der Waals surface area contributed by atoms with Gasteiger partial charge in [-0.1, -0.05) is 170 Å². The smallest absolute Gasteiger partial charge is 0.0619 e. The fourth-order valence-electron chi connectivity index (χ4n) is 9.42. The van der Waals surface area contributed by atoms with Gasteiger partial charge in [-0.25, -0.2) is 0 Å². The molecule has 1 aromatic heterocycles. The van der Waals surface area contributed by atoms with Crippen LogP contribution in [0.25, 0.3) is 106 Å². The molecule has 336 valence electrons. The first-order valence-corrected chi connectivity index (χ1v) is 23.3. The van der Waals surface area contributed by atoms with E-state index in [1.165, 1.54) is 0 Å². The summed E-state index contributed by atoms with van der Waals surface area (Å²) in [6, 6.07) is 84.7. The third-order valence-electron chi connectivity index (χ3n) is 13.2. The van der Waals surface area contributed by atoms with Crippen LogP contribution < -0.4 is 28.7 Å². The normalized spacial score (nSPS) is 11.1. The molecule has 0 amide bonds. The van der Waals surface area contributed by atoms with Gasteiger partial charge < -0.3 is 33.2 Å². The van der Waals surface area contributed by atoms with Crippen molar-refractivity contribution in [1.82, 2.24) is 4.57 Å². The highest BCUT2D eigenvalue weighted by Crippen LogP contribution is 2.51. The van der Waals surface area contributed by atoms with Gasteiger partial charge in [-0.2, -0.15) is 0 Å². The average molecular weight is 903 g/mol. The molecule has 10 aromatic carbocycles. The van der Waals surface area contributed by atoms with E-state index in [1.54, 1.807) is 0 Å². The van der Waals surface area contributed by atoms with Crippen LogP contribution in [0.15, 0.2) is 243 Å². The molecule has 0 saturated carbocycles. The van der Waals surface area contributed by atoms with E-state index in [4.69, 9.17) is 28.7 Å². The first-order valence-electron chi connectivity index (χ1n) is 23.3. The molecule has 11 rings (SSSR count). The molecule has 0 saturated heterocycles.